The quantitative estimate of drug-likeness (QED) is 0.402. The number of amides is 1. The highest BCUT2D eigenvalue weighted by Gasteiger charge is 2.24. The number of nitro groups is 2. The Morgan fingerprint density at radius 1 is 1.03 bits per heavy atom. The average molecular weight is 428 g/mol. The van der Waals surface area contributed by atoms with E-state index in [0.717, 1.165) is 32.0 Å². The predicted octanol–water partition coefficient (Wildman–Crippen LogP) is 3.21. The van der Waals surface area contributed by atoms with Gasteiger partial charge in [0.1, 0.15) is 0 Å². The maximum absolute atomic E-state index is 12.6. The summed E-state index contributed by atoms with van der Waals surface area (Å²) in [4.78, 5) is 47.5. The summed E-state index contributed by atoms with van der Waals surface area (Å²) in [6.07, 6.45) is 1.89. The Balaban J connectivity index is 1.70. The lowest BCUT2D eigenvalue weighted by molar-refractivity contribution is -0.385. The molecule has 1 heterocycles. The standard InChI is InChI=1S/C20H20N4O7/c1-13-10-14(23(27)28)4-6-17(13)21-19(25)12-31-20(26)16-11-15(24(29)30)5-7-18(16)22-8-2-3-9-22/h4-7,10-11H,2-3,8-9,12H2,1H3,(H,21,25). The van der Waals surface area contributed by atoms with E-state index in [9.17, 15) is 29.8 Å². The number of anilines is 2. The molecule has 0 atom stereocenters. The van der Waals surface area contributed by atoms with Gasteiger partial charge in [-0.25, -0.2) is 4.79 Å². The number of carbonyl (C=O) groups excluding carboxylic acids is 2. The molecule has 1 N–H and O–H groups in total. The van der Waals surface area contributed by atoms with E-state index in [1.807, 2.05) is 4.90 Å². The Morgan fingerprint density at radius 3 is 2.26 bits per heavy atom. The lowest BCUT2D eigenvalue weighted by Gasteiger charge is -2.20. The average Bonchev–Trinajstić information content (AvgIpc) is 3.27. The second kappa shape index (κ2) is 9.20. The second-order valence-electron chi connectivity index (χ2n) is 7.03. The summed E-state index contributed by atoms with van der Waals surface area (Å²) >= 11 is 0. The highest BCUT2D eigenvalue weighted by molar-refractivity contribution is 5.99. The second-order valence-corrected chi connectivity index (χ2v) is 7.03. The van der Waals surface area contributed by atoms with Crippen molar-refractivity contribution in [3.63, 3.8) is 0 Å². The number of ether oxygens (including phenoxy) is 1. The first-order valence-electron chi connectivity index (χ1n) is 9.51. The van der Waals surface area contributed by atoms with Gasteiger partial charge in [-0.15, -0.1) is 0 Å². The third-order valence-electron chi connectivity index (χ3n) is 4.89. The van der Waals surface area contributed by atoms with E-state index in [2.05, 4.69) is 5.32 Å². The third-order valence-corrected chi connectivity index (χ3v) is 4.89. The number of nitro benzene ring substituents is 2. The number of nitrogens with zero attached hydrogens (tertiary/aromatic N) is 3. The fourth-order valence-electron chi connectivity index (χ4n) is 3.33. The van der Waals surface area contributed by atoms with Crippen LogP contribution in [0.15, 0.2) is 36.4 Å². The molecule has 11 heteroatoms. The molecule has 1 aliphatic rings. The first-order chi connectivity index (χ1) is 14.8. The summed E-state index contributed by atoms with van der Waals surface area (Å²) in [5.74, 6) is -1.49. The smallest absolute Gasteiger partial charge is 0.341 e. The zero-order chi connectivity index (χ0) is 22.5. The van der Waals surface area contributed by atoms with Crippen LogP contribution in [0.5, 0.6) is 0 Å². The zero-order valence-electron chi connectivity index (χ0n) is 16.7. The van der Waals surface area contributed by atoms with Crippen LogP contribution in [0.2, 0.25) is 0 Å². The van der Waals surface area contributed by atoms with Crippen LogP contribution in [0.25, 0.3) is 0 Å². The third kappa shape index (κ3) is 5.13. The SMILES string of the molecule is Cc1cc([N+](=O)[O-])ccc1NC(=O)COC(=O)c1cc([N+](=O)[O-])ccc1N1CCCC1. The molecule has 31 heavy (non-hydrogen) atoms. The first-order valence-corrected chi connectivity index (χ1v) is 9.51. The molecule has 0 saturated carbocycles. The summed E-state index contributed by atoms with van der Waals surface area (Å²) in [6, 6.07) is 7.94. The van der Waals surface area contributed by atoms with Gasteiger partial charge in [0, 0.05) is 43.0 Å². The molecule has 3 rings (SSSR count). The molecule has 0 spiro atoms. The molecule has 1 fully saturated rings. The van der Waals surface area contributed by atoms with Crippen LogP contribution in [0, 0.1) is 27.2 Å². The van der Waals surface area contributed by atoms with Gasteiger partial charge in [-0.05, 0) is 37.5 Å². The van der Waals surface area contributed by atoms with Gasteiger partial charge in [-0.3, -0.25) is 25.0 Å². The highest BCUT2D eigenvalue weighted by Crippen LogP contribution is 2.29. The van der Waals surface area contributed by atoms with Crippen LogP contribution in [0.1, 0.15) is 28.8 Å². The monoisotopic (exact) mass is 428 g/mol. The van der Waals surface area contributed by atoms with E-state index >= 15 is 0 Å². The van der Waals surface area contributed by atoms with Gasteiger partial charge in [-0.1, -0.05) is 0 Å². The molecule has 0 bridgehead atoms. The van der Waals surface area contributed by atoms with Crippen molar-refractivity contribution in [3.8, 4) is 0 Å². The largest absolute Gasteiger partial charge is 0.452 e. The minimum absolute atomic E-state index is 0.0235. The molecular weight excluding hydrogens is 408 g/mol. The molecule has 0 aromatic heterocycles. The number of carbonyl (C=O) groups is 2. The van der Waals surface area contributed by atoms with Gasteiger partial charge in [-0.2, -0.15) is 0 Å². The van der Waals surface area contributed by atoms with Crippen molar-refractivity contribution in [3.05, 3.63) is 67.8 Å². The minimum atomic E-state index is -0.846. The number of esters is 1. The van der Waals surface area contributed by atoms with E-state index in [4.69, 9.17) is 4.74 Å². The van der Waals surface area contributed by atoms with Gasteiger partial charge in [0.15, 0.2) is 6.61 Å². The summed E-state index contributed by atoms with van der Waals surface area (Å²) in [5.41, 5.74) is 1.02. The van der Waals surface area contributed by atoms with Crippen molar-refractivity contribution in [2.45, 2.75) is 19.8 Å². The number of aryl methyl sites for hydroxylation is 1. The predicted molar refractivity (Wildman–Crippen MR) is 111 cm³/mol. The van der Waals surface area contributed by atoms with Gasteiger partial charge in [0.25, 0.3) is 17.3 Å². The van der Waals surface area contributed by atoms with Crippen molar-refractivity contribution in [1.29, 1.82) is 0 Å². The van der Waals surface area contributed by atoms with Crippen molar-refractivity contribution >= 4 is 34.6 Å². The van der Waals surface area contributed by atoms with E-state index < -0.39 is 28.3 Å². The summed E-state index contributed by atoms with van der Waals surface area (Å²) in [5, 5.41) is 24.4. The number of benzene rings is 2. The van der Waals surface area contributed by atoms with Crippen LogP contribution in [-0.4, -0.2) is 41.4 Å². The van der Waals surface area contributed by atoms with Gasteiger partial charge in [0.05, 0.1) is 21.1 Å². The topological polar surface area (TPSA) is 145 Å². The minimum Gasteiger partial charge on any atom is -0.452 e. The molecule has 162 valence electrons. The van der Waals surface area contributed by atoms with Crippen molar-refractivity contribution < 1.29 is 24.2 Å². The fraction of sp³-hybridized carbons (Fsp3) is 0.300. The normalized spacial score (nSPS) is 13.0. The van der Waals surface area contributed by atoms with E-state index in [1.54, 1.807) is 6.92 Å². The summed E-state index contributed by atoms with van der Waals surface area (Å²) in [7, 11) is 0. The molecule has 0 radical (unpaired) electrons. The molecule has 2 aromatic rings. The Labute approximate surface area is 176 Å². The highest BCUT2D eigenvalue weighted by atomic mass is 16.6. The number of hydrogen-bond donors (Lipinski definition) is 1. The molecular formula is C20H20N4O7. The Morgan fingerprint density at radius 2 is 1.65 bits per heavy atom. The van der Waals surface area contributed by atoms with E-state index in [0.29, 0.717) is 16.9 Å². The molecule has 1 saturated heterocycles. The van der Waals surface area contributed by atoms with Crippen LogP contribution >= 0.6 is 0 Å². The first kappa shape index (κ1) is 21.7. The fourth-order valence-corrected chi connectivity index (χ4v) is 3.33. The van der Waals surface area contributed by atoms with Crippen molar-refractivity contribution in [2.75, 3.05) is 29.9 Å². The lowest BCUT2D eigenvalue weighted by Crippen LogP contribution is -2.24. The van der Waals surface area contributed by atoms with Crippen LogP contribution < -0.4 is 10.2 Å². The van der Waals surface area contributed by atoms with Gasteiger partial charge in [0.2, 0.25) is 0 Å². The maximum Gasteiger partial charge on any atom is 0.341 e. The summed E-state index contributed by atoms with van der Waals surface area (Å²) in [6.45, 7) is 2.42. The van der Waals surface area contributed by atoms with E-state index in [1.165, 1.54) is 30.3 Å². The number of non-ortho nitro benzene ring substituents is 2. The van der Waals surface area contributed by atoms with Crippen LogP contribution in [0.4, 0.5) is 22.7 Å². The van der Waals surface area contributed by atoms with Gasteiger partial charge >= 0.3 is 5.97 Å². The lowest BCUT2D eigenvalue weighted by atomic mass is 10.1. The molecule has 2 aromatic carbocycles. The maximum atomic E-state index is 12.6. The van der Waals surface area contributed by atoms with Crippen LogP contribution in [0.3, 0.4) is 0 Å². The Kier molecular flexibility index (Phi) is 6.43. The Hall–Kier alpha value is -4.02. The van der Waals surface area contributed by atoms with Crippen molar-refractivity contribution in [2.24, 2.45) is 0 Å². The molecule has 0 unspecified atom stereocenters. The number of hydrogen-bond acceptors (Lipinski definition) is 8. The number of nitrogens with one attached hydrogen (secondary N) is 1. The molecule has 1 aliphatic heterocycles. The van der Waals surface area contributed by atoms with Crippen LogP contribution in [-0.2, 0) is 9.53 Å². The molecule has 1 amide bonds. The van der Waals surface area contributed by atoms with E-state index in [-0.39, 0.29) is 16.9 Å². The molecule has 11 nitrogen and oxygen atoms in total. The van der Waals surface area contributed by atoms with Gasteiger partial charge < -0.3 is 15.0 Å². The summed E-state index contributed by atoms with van der Waals surface area (Å²) < 4.78 is 5.09. The molecule has 0 aliphatic carbocycles. The zero-order valence-corrected chi connectivity index (χ0v) is 16.7. The van der Waals surface area contributed by atoms with Crippen molar-refractivity contribution in [1.82, 2.24) is 0 Å². The Bertz CT molecular complexity index is 1050. The number of rotatable bonds is 7.